The topological polar surface area (TPSA) is 47.6 Å². The summed E-state index contributed by atoms with van der Waals surface area (Å²) in [7, 11) is 2.18. The Kier molecular flexibility index (Phi) is 3.93. The zero-order chi connectivity index (χ0) is 13.2. The van der Waals surface area contributed by atoms with Crippen LogP contribution in [-0.4, -0.2) is 67.7 Å². The molecule has 5 heteroatoms. The van der Waals surface area contributed by atoms with Crippen LogP contribution < -0.4 is 10.6 Å². The average molecular weight is 266 g/mol. The van der Waals surface area contributed by atoms with Crippen molar-refractivity contribution in [3.63, 3.8) is 0 Å². The van der Waals surface area contributed by atoms with Crippen LogP contribution in [0.5, 0.6) is 0 Å². The van der Waals surface area contributed by atoms with Gasteiger partial charge in [0.2, 0.25) is 0 Å². The third-order valence-corrected chi connectivity index (χ3v) is 5.01. The monoisotopic (exact) mass is 266 g/mol. The summed E-state index contributed by atoms with van der Waals surface area (Å²) in [6.07, 6.45) is 4.78. The fourth-order valence-electron chi connectivity index (χ4n) is 3.69. The molecule has 3 aliphatic rings. The van der Waals surface area contributed by atoms with Gasteiger partial charge in [-0.15, -0.1) is 0 Å². The Morgan fingerprint density at radius 2 is 2.00 bits per heavy atom. The summed E-state index contributed by atoms with van der Waals surface area (Å²) in [4.78, 5) is 16.6. The number of nitrogens with one attached hydrogen (secondary N) is 2. The van der Waals surface area contributed by atoms with Gasteiger partial charge in [-0.3, -0.25) is 0 Å². The molecule has 5 nitrogen and oxygen atoms in total. The second-order valence-electron chi connectivity index (χ2n) is 6.35. The summed E-state index contributed by atoms with van der Waals surface area (Å²) in [5.74, 6) is 0.668. The van der Waals surface area contributed by atoms with Crippen molar-refractivity contribution in [2.24, 2.45) is 5.92 Å². The molecule has 0 radical (unpaired) electrons. The first-order chi connectivity index (χ1) is 9.24. The number of piperidine rings is 2. The summed E-state index contributed by atoms with van der Waals surface area (Å²) < 4.78 is 0. The maximum Gasteiger partial charge on any atom is 0.318 e. The van der Waals surface area contributed by atoms with Gasteiger partial charge in [-0.2, -0.15) is 0 Å². The predicted molar refractivity (Wildman–Crippen MR) is 75.1 cm³/mol. The summed E-state index contributed by atoms with van der Waals surface area (Å²) in [5, 5.41) is 6.63. The first-order valence-corrected chi connectivity index (χ1v) is 7.70. The van der Waals surface area contributed by atoms with Crippen LogP contribution in [0.4, 0.5) is 4.79 Å². The van der Waals surface area contributed by atoms with Crippen LogP contribution in [0.1, 0.15) is 25.7 Å². The molecule has 19 heavy (non-hydrogen) atoms. The van der Waals surface area contributed by atoms with Crippen LogP contribution >= 0.6 is 0 Å². The summed E-state index contributed by atoms with van der Waals surface area (Å²) in [6, 6.07) is 0.950. The SMILES string of the molecule is CN1CCC(C2CN(C3CCCNC3)C(=O)N2)CC1. The molecular weight excluding hydrogens is 240 g/mol. The molecule has 2 amide bonds. The lowest BCUT2D eigenvalue weighted by Crippen LogP contribution is -2.47. The number of carbonyl (C=O) groups excluding carboxylic acids is 1. The maximum atomic E-state index is 12.2. The summed E-state index contributed by atoms with van der Waals surface area (Å²) in [5.41, 5.74) is 0. The smallest absolute Gasteiger partial charge is 0.318 e. The molecule has 0 aromatic rings. The molecule has 0 saturated carbocycles. The molecular formula is C14H26N4O. The molecule has 0 aromatic heterocycles. The number of amides is 2. The first-order valence-electron chi connectivity index (χ1n) is 7.70. The Bertz CT molecular complexity index is 321. The summed E-state index contributed by atoms with van der Waals surface area (Å²) >= 11 is 0. The van der Waals surface area contributed by atoms with Crippen LogP contribution in [0, 0.1) is 5.92 Å². The van der Waals surface area contributed by atoms with Gasteiger partial charge in [-0.05, 0) is 58.3 Å². The van der Waals surface area contributed by atoms with Crippen LogP contribution in [0.15, 0.2) is 0 Å². The van der Waals surface area contributed by atoms with E-state index in [0.717, 1.165) is 26.1 Å². The molecule has 2 atom stereocenters. The maximum absolute atomic E-state index is 12.2. The zero-order valence-electron chi connectivity index (χ0n) is 11.9. The molecule has 0 spiro atoms. The van der Waals surface area contributed by atoms with Crippen LogP contribution in [0.25, 0.3) is 0 Å². The van der Waals surface area contributed by atoms with Gasteiger partial charge in [0, 0.05) is 19.1 Å². The van der Waals surface area contributed by atoms with Gasteiger partial charge < -0.3 is 20.4 Å². The van der Waals surface area contributed by atoms with Gasteiger partial charge >= 0.3 is 6.03 Å². The molecule has 3 aliphatic heterocycles. The van der Waals surface area contributed by atoms with E-state index in [1.807, 2.05) is 0 Å². The van der Waals surface area contributed by atoms with Crippen LogP contribution in [0.2, 0.25) is 0 Å². The fourth-order valence-corrected chi connectivity index (χ4v) is 3.69. The van der Waals surface area contributed by atoms with E-state index in [4.69, 9.17) is 0 Å². The lowest BCUT2D eigenvalue weighted by molar-refractivity contribution is 0.173. The standard InChI is InChI=1S/C14H26N4O/c1-17-7-4-11(5-8-17)13-10-18(14(19)16-13)12-3-2-6-15-9-12/h11-13,15H,2-10H2,1H3,(H,16,19). The van der Waals surface area contributed by atoms with E-state index in [2.05, 4.69) is 27.5 Å². The van der Waals surface area contributed by atoms with E-state index in [1.165, 1.54) is 32.4 Å². The minimum absolute atomic E-state index is 0.164. The number of carbonyl (C=O) groups is 1. The van der Waals surface area contributed by atoms with E-state index >= 15 is 0 Å². The van der Waals surface area contributed by atoms with Gasteiger partial charge in [0.25, 0.3) is 0 Å². The second-order valence-corrected chi connectivity index (χ2v) is 6.35. The van der Waals surface area contributed by atoms with Gasteiger partial charge in [0.05, 0.1) is 6.04 Å². The van der Waals surface area contributed by atoms with Crippen molar-refractivity contribution < 1.29 is 4.79 Å². The van der Waals surface area contributed by atoms with Gasteiger partial charge in [0.1, 0.15) is 0 Å². The Morgan fingerprint density at radius 1 is 1.21 bits per heavy atom. The molecule has 3 saturated heterocycles. The normalized spacial score (nSPS) is 34.6. The van der Waals surface area contributed by atoms with Crippen molar-refractivity contribution in [3.05, 3.63) is 0 Å². The molecule has 0 bridgehead atoms. The molecule has 2 N–H and O–H groups in total. The molecule has 0 aliphatic carbocycles. The fraction of sp³-hybridized carbons (Fsp3) is 0.929. The number of likely N-dealkylation sites (tertiary alicyclic amines) is 1. The predicted octanol–water partition coefficient (Wildman–Crippen LogP) is 0.474. The molecule has 108 valence electrons. The lowest BCUT2D eigenvalue weighted by Gasteiger charge is -2.33. The van der Waals surface area contributed by atoms with Crippen molar-refractivity contribution in [1.29, 1.82) is 0 Å². The minimum atomic E-state index is 0.164. The van der Waals surface area contributed by atoms with E-state index in [-0.39, 0.29) is 6.03 Å². The van der Waals surface area contributed by atoms with Gasteiger partial charge in [-0.25, -0.2) is 4.79 Å². The Balaban J connectivity index is 1.56. The lowest BCUT2D eigenvalue weighted by atomic mass is 9.90. The van der Waals surface area contributed by atoms with Gasteiger partial charge in [0.15, 0.2) is 0 Å². The van der Waals surface area contributed by atoms with Crippen LogP contribution in [-0.2, 0) is 0 Å². The Labute approximate surface area is 115 Å². The number of hydrogen-bond donors (Lipinski definition) is 2. The number of urea groups is 1. The van der Waals surface area contributed by atoms with E-state index in [1.54, 1.807) is 0 Å². The van der Waals surface area contributed by atoms with Crippen LogP contribution in [0.3, 0.4) is 0 Å². The van der Waals surface area contributed by atoms with E-state index < -0.39 is 0 Å². The minimum Gasteiger partial charge on any atom is -0.333 e. The number of nitrogens with zero attached hydrogens (tertiary/aromatic N) is 2. The molecule has 2 unspecified atom stereocenters. The van der Waals surface area contributed by atoms with Crippen molar-refractivity contribution in [3.8, 4) is 0 Å². The number of rotatable bonds is 2. The Hall–Kier alpha value is -0.810. The van der Waals surface area contributed by atoms with Crippen molar-refractivity contribution >= 4 is 6.03 Å². The summed E-state index contributed by atoms with van der Waals surface area (Å²) in [6.45, 7) is 5.32. The average Bonchev–Trinajstić information content (AvgIpc) is 2.83. The second kappa shape index (κ2) is 5.67. The molecule has 0 aromatic carbocycles. The third-order valence-electron chi connectivity index (χ3n) is 5.01. The molecule has 3 fully saturated rings. The molecule has 3 heterocycles. The highest BCUT2D eigenvalue weighted by molar-refractivity contribution is 5.77. The van der Waals surface area contributed by atoms with Crippen molar-refractivity contribution in [2.75, 3.05) is 39.8 Å². The van der Waals surface area contributed by atoms with E-state index in [0.29, 0.717) is 18.0 Å². The largest absolute Gasteiger partial charge is 0.333 e. The number of hydrogen-bond acceptors (Lipinski definition) is 3. The zero-order valence-corrected chi connectivity index (χ0v) is 11.9. The molecule has 3 rings (SSSR count). The quantitative estimate of drug-likeness (QED) is 0.764. The highest BCUT2D eigenvalue weighted by Crippen LogP contribution is 2.25. The van der Waals surface area contributed by atoms with Crippen molar-refractivity contribution in [2.45, 2.75) is 37.8 Å². The Morgan fingerprint density at radius 3 is 2.68 bits per heavy atom. The van der Waals surface area contributed by atoms with Crippen molar-refractivity contribution in [1.82, 2.24) is 20.4 Å². The third kappa shape index (κ3) is 2.87. The first kappa shape index (κ1) is 13.2. The van der Waals surface area contributed by atoms with Gasteiger partial charge in [-0.1, -0.05) is 0 Å². The highest BCUT2D eigenvalue weighted by Gasteiger charge is 2.38. The highest BCUT2D eigenvalue weighted by atomic mass is 16.2. The van der Waals surface area contributed by atoms with E-state index in [9.17, 15) is 4.79 Å².